The van der Waals surface area contributed by atoms with Crippen LogP contribution in [-0.4, -0.2) is 71.4 Å². The van der Waals surface area contributed by atoms with Crippen molar-refractivity contribution in [2.75, 3.05) is 44.8 Å². The number of primary amides is 1. The van der Waals surface area contributed by atoms with Gasteiger partial charge in [-0.05, 0) is 48.4 Å². The first-order valence-electron chi connectivity index (χ1n) is 13.2. The van der Waals surface area contributed by atoms with Crippen LogP contribution >= 0.6 is 0 Å². The van der Waals surface area contributed by atoms with Crippen molar-refractivity contribution in [3.05, 3.63) is 71.3 Å². The van der Waals surface area contributed by atoms with Gasteiger partial charge in [-0.25, -0.2) is 9.48 Å². The van der Waals surface area contributed by atoms with Crippen LogP contribution in [0.4, 0.5) is 10.6 Å². The summed E-state index contributed by atoms with van der Waals surface area (Å²) in [7, 11) is 0. The number of nitrogens with one attached hydrogen (secondary N) is 1. The number of hydrogen-bond donors (Lipinski definition) is 3. The van der Waals surface area contributed by atoms with Crippen molar-refractivity contribution >= 4 is 11.8 Å². The van der Waals surface area contributed by atoms with Crippen molar-refractivity contribution in [1.29, 1.82) is 0 Å². The van der Waals surface area contributed by atoms with Gasteiger partial charge >= 0.3 is 6.03 Å². The number of aromatic nitrogens is 2. The number of fused-ring (bicyclic) bond motifs is 1. The van der Waals surface area contributed by atoms with Gasteiger partial charge in [0.25, 0.3) is 0 Å². The number of ether oxygens (including phenoxy) is 2. The van der Waals surface area contributed by atoms with Gasteiger partial charge in [0.1, 0.15) is 12.4 Å². The van der Waals surface area contributed by atoms with E-state index in [9.17, 15) is 9.90 Å². The number of hydrogen-bond acceptors (Lipinski definition) is 6. The zero-order valence-corrected chi connectivity index (χ0v) is 22.5. The lowest BCUT2D eigenvalue weighted by atomic mass is 9.72. The lowest BCUT2D eigenvalue weighted by Gasteiger charge is -2.35. The van der Waals surface area contributed by atoms with Crippen molar-refractivity contribution in [2.24, 2.45) is 5.73 Å². The molecule has 0 bridgehead atoms. The number of amides is 2. The summed E-state index contributed by atoms with van der Waals surface area (Å²) in [6, 6.07) is 17.3. The number of morpholine rings is 1. The third-order valence-corrected chi connectivity index (χ3v) is 7.02. The first-order valence-corrected chi connectivity index (χ1v) is 13.2. The molecule has 9 heteroatoms. The van der Waals surface area contributed by atoms with E-state index in [1.54, 1.807) is 4.68 Å². The van der Waals surface area contributed by atoms with E-state index in [0.29, 0.717) is 18.3 Å². The van der Waals surface area contributed by atoms with Crippen molar-refractivity contribution < 1.29 is 19.4 Å². The molecule has 1 saturated heterocycles. The number of nitrogens with zero attached hydrogens (tertiary/aromatic N) is 3. The first kappa shape index (κ1) is 27.6. The van der Waals surface area contributed by atoms with Crippen molar-refractivity contribution in [2.45, 2.75) is 45.1 Å². The molecule has 2 aliphatic rings. The van der Waals surface area contributed by atoms with E-state index in [4.69, 9.17) is 15.2 Å². The number of para-hydroxylation sites is 1. The third-order valence-electron chi connectivity index (χ3n) is 7.02. The van der Waals surface area contributed by atoms with E-state index in [1.165, 1.54) is 11.1 Å². The molecule has 0 saturated carbocycles. The number of urea groups is 1. The molecule has 204 valence electrons. The maximum absolute atomic E-state index is 11.3. The summed E-state index contributed by atoms with van der Waals surface area (Å²) < 4.78 is 12.8. The van der Waals surface area contributed by atoms with Gasteiger partial charge in [0, 0.05) is 19.6 Å². The summed E-state index contributed by atoms with van der Waals surface area (Å²) in [5, 5.41) is 16.8. The molecule has 0 spiro atoms. The van der Waals surface area contributed by atoms with E-state index in [1.807, 2.05) is 43.3 Å². The largest absolute Gasteiger partial charge is 0.475 e. The SMILES string of the molecule is CC1(C)CC(O)Cc2ccccc21.Cc1c(OCCN2CCOCC2)nn(-c2ccccc2)c1NC(N)=O. The Morgan fingerprint density at radius 2 is 1.84 bits per heavy atom. The van der Waals surface area contributed by atoms with E-state index < -0.39 is 6.03 Å². The summed E-state index contributed by atoms with van der Waals surface area (Å²) >= 11 is 0. The standard InChI is InChI=1S/C17H23N5O3.C12H16O/c1-13-15(19-17(18)23)22(14-5-3-2-4-6-14)20-16(13)25-12-9-21-7-10-24-11-8-21;1-12(2)8-10(13)7-9-5-3-4-6-11(9)12/h2-6H,7-12H2,1H3,(H3,18,19,23);3-6,10,13H,7-8H2,1-2H3. The minimum absolute atomic E-state index is 0.133. The van der Waals surface area contributed by atoms with Crippen LogP contribution < -0.4 is 15.8 Å². The lowest BCUT2D eigenvalue weighted by molar-refractivity contribution is 0.0319. The highest BCUT2D eigenvalue weighted by Crippen LogP contribution is 2.36. The minimum atomic E-state index is -0.639. The molecule has 1 unspecified atom stereocenters. The number of aliphatic hydroxyl groups is 1. The zero-order valence-electron chi connectivity index (χ0n) is 22.5. The Bertz CT molecular complexity index is 1200. The van der Waals surface area contributed by atoms with E-state index in [0.717, 1.165) is 56.9 Å². The Labute approximate surface area is 224 Å². The molecule has 2 amide bonds. The molecule has 3 aromatic rings. The molecule has 1 aliphatic carbocycles. The predicted octanol–water partition coefficient (Wildman–Crippen LogP) is 3.65. The minimum Gasteiger partial charge on any atom is -0.475 e. The summed E-state index contributed by atoms with van der Waals surface area (Å²) in [6.45, 7) is 10.9. The molecule has 0 radical (unpaired) electrons. The highest BCUT2D eigenvalue weighted by atomic mass is 16.5. The number of anilines is 1. The van der Waals surface area contributed by atoms with Crippen molar-refractivity contribution in [1.82, 2.24) is 14.7 Å². The van der Waals surface area contributed by atoms with Crippen LogP contribution in [0.2, 0.25) is 0 Å². The molecule has 1 aliphatic heterocycles. The summed E-state index contributed by atoms with van der Waals surface area (Å²) in [4.78, 5) is 13.6. The van der Waals surface area contributed by atoms with Gasteiger partial charge in [-0.3, -0.25) is 10.2 Å². The summed E-state index contributed by atoms with van der Waals surface area (Å²) in [6.07, 6.45) is 1.54. The maximum Gasteiger partial charge on any atom is 0.317 e. The van der Waals surface area contributed by atoms with Gasteiger partial charge in [0.05, 0.1) is 30.6 Å². The number of carbonyl (C=O) groups is 1. The Balaban J connectivity index is 0.000000216. The maximum atomic E-state index is 11.3. The van der Waals surface area contributed by atoms with Gasteiger partial charge < -0.3 is 20.3 Å². The van der Waals surface area contributed by atoms with Crippen LogP contribution in [-0.2, 0) is 16.6 Å². The second kappa shape index (κ2) is 12.4. The number of carbonyl (C=O) groups excluding carboxylic acids is 1. The topological polar surface area (TPSA) is 115 Å². The molecule has 38 heavy (non-hydrogen) atoms. The third kappa shape index (κ3) is 6.92. The van der Waals surface area contributed by atoms with Crippen LogP contribution in [0, 0.1) is 6.92 Å². The van der Waals surface area contributed by atoms with Crippen LogP contribution in [0.25, 0.3) is 5.69 Å². The van der Waals surface area contributed by atoms with Crippen LogP contribution in [0.3, 0.4) is 0 Å². The van der Waals surface area contributed by atoms with Gasteiger partial charge in [0.15, 0.2) is 0 Å². The Morgan fingerprint density at radius 3 is 2.55 bits per heavy atom. The molecule has 1 aromatic heterocycles. The van der Waals surface area contributed by atoms with E-state index >= 15 is 0 Å². The summed E-state index contributed by atoms with van der Waals surface area (Å²) in [5.74, 6) is 1.00. The van der Waals surface area contributed by atoms with Crippen LogP contribution in [0.15, 0.2) is 54.6 Å². The molecule has 2 heterocycles. The number of aliphatic hydroxyl groups excluding tert-OH is 1. The monoisotopic (exact) mass is 521 g/mol. The average molecular weight is 522 g/mol. The number of benzene rings is 2. The van der Waals surface area contributed by atoms with Gasteiger partial charge in [0.2, 0.25) is 5.88 Å². The molecular weight excluding hydrogens is 482 g/mol. The van der Waals surface area contributed by atoms with Crippen molar-refractivity contribution in [3.63, 3.8) is 0 Å². The fourth-order valence-corrected chi connectivity index (χ4v) is 5.11. The second-order valence-corrected chi connectivity index (χ2v) is 10.4. The quantitative estimate of drug-likeness (QED) is 0.456. The molecule has 5 rings (SSSR count). The molecule has 9 nitrogen and oxygen atoms in total. The fraction of sp³-hybridized carbons (Fsp3) is 0.448. The zero-order chi connectivity index (χ0) is 27.1. The smallest absolute Gasteiger partial charge is 0.317 e. The normalized spacial score (nSPS) is 18.6. The number of rotatable bonds is 6. The summed E-state index contributed by atoms with van der Waals surface area (Å²) in [5.41, 5.74) is 9.70. The van der Waals surface area contributed by atoms with E-state index in [2.05, 4.69) is 47.4 Å². The highest BCUT2D eigenvalue weighted by molar-refractivity contribution is 5.88. The molecule has 1 atom stereocenters. The van der Waals surface area contributed by atoms with Crippen molar-refractivity contribution in [3.8, 4) is 11.6 Å². The van der Waals surface area contributed by atoms with Gasteiger partial charge in [-0.1, -0.05) is 56.3 Å². The van der Waals surface area contributed by atoms with Gasteiger partial charge in [-0.2, -0.15) is 0 Å². The first-order chi connectivity index (χ1) is 18.2. The predicted molar refractivity (Wildman–Crippen MR) is 148 cm³/mol. The second-order valence-electron chi connectivity index (χ2n) is 10.4. The fourth-order valence-electron chi connectivity index (χ4n) is 5.11. The Hall–Kier alpha value is -3.40. The number of nitrogens with two attached hydrogens (primary N) is 1. The molecule has 1 fully saturated rings. The average Bonchev–Trinajstić information content (AvgIpc) is 3.19. The van der Waals surface area contributed by atoms with E-state index in [-0.39, 0.29) is 11.5 Å². The van der Waals surface area contributed by atoms with Crippen LogP contribution in [0.1, 0.15) is 37.0 Å². The van der Waals surface area contributed by atoms with Gasteiger partial charge in [-0.15, -0.1) is 5.10 Å². The molecule has 4 N–H and O–H groups in total. The van der Waals surface area contributed by atoms with Crippen LogP contribution in [0.5, 0.6) is 5.88 Å². The lowest BCUT2D eigenvalue weighted by Crippen LogP contribution is -2.38. The Kier molecular flexibility index (Phi) is 9.04. The Morgan fingerprint density at radius 1 is 1.16 bits per heavy atom. The molecular formula is C29H39N5O4. The molecule has 2 aromatic carbocycles. The highest BCUT2D eigenvalue weighted by Gasteiger charge is 2.31.